The number of hydrogen-bond donors (Lipinski definition) is 1. The Hall–Kier alpha value is -3.91. The van der Waals surface area contributed by atoms with Crippen molar-refractivity contribution in [2.75, 3.05) is 7.11 Å². The van der Waals surface area contributed by atoms with E-state index in [9.17, 15) is 18.3 Å². The van der Waals surface area contributed by atoms with E-state index in [0.29, 0.717) is 11.4 Å². The average Bonchev–Trinajstić information content (AvgIpc) is 3.30. The fraction of sp³-hybridized carbons (Fsp3) is 0.0833. The molecular formula is C24H20N2O5S. The molecule has 0 bridgehead atoms. The zero-order chi connectivity index (χ0) is 22.9. The summed E-state index contributed by atoms with van der Waals surface area (Å²) in [6.07, 6.45) is 2.91. The molecule has 0 radical (unpaired) electrons. The third-order valence-electron chi connectivity index (χ3n) is 5.04. The number of sulfone groups is 1. The lowest BCUT2D eigenvalue weighted by Crippen LogP contribution is -2.03. The largest absolute Gasteiger partial charge is 0.507 e. The summed E-state index contributed by atoms with van der Waals surface area (Å²) in [4.78, 5) is 13.2. The Morgan fingerprint density at radius 3 is 2.22 bits per heavy atom. The highest BCUT2D eigenvalue weighted by Crippen LogP contribution is 2.26. The normalized spacial score (nSPS) is 11.3. The number of phenolic OH excluding ortho intramolecular Hbond substituents is 1. The quantitative estimate of drug-likeness (QED) is 0.449. The van der Waals surface area contributed by atoms with Gasteiger partial charge in [0.1, 0.15) is 11.5 Å². The lowest BCUT2D eigenvalue weighted by atomic mass is 10.1. The Kier molecular flexibility index (Phi) is 5.54. The summed E-state index contributed by atoms with van der Waals surface area (Å²) in [5, 5.41) is 14.2. The van der Waals surface area contributed by atoms with Crippen molar-refractivity contribution in [3.05, 3.63) is 95.8 Å². The van der Waals surface area contributed by atoms with E-state index in [4.69, 9.17) is 4.74 Å². The maximum absolute atomic E-state index is 12.8. The summed E-state index contributed by atoms with van der Waals surface area (Å²) >= 11 is 0. The second-order valence-electron chi connectivity index (χ2n) is 7.20. The first-order chi connectivity index (χ1) is 15.3. The average molecular weight is 449 g/mol. The van der Waals surface area contributed by atoms with Crippen molar-refractivity contribution in [2.45, 2.75) is 16.7 Å². The molecule has 1 aromatic heterocycles. The summed E-state index contributed by atoms with van der Waals surface area (Å²) in [5.41, 5.74) is 1.93. The summed E-state index contributed by atoms with van der Waals surface area (Å²) in [7, 11) is -2.16. The number of rotatable bonds is 6. The summed E-state index contributed by atoms with van der Waals surface area (Å²) in [6, 6.07) is 17.3. The van der Waals surface area contributed by atoms with Crippen LogP contribution >= 0.6 is 0 Å². The zero-order valence-electron chi connectivity index (χ0n) is 17.4. The van der Waals surface area contributed by atoms with Gasteiger partial charge in [-0.3, -0.25) is 4.79 Å². The van der Waals surface area contributed by atoms with E-state index >= 15 is 0 Å². The first-order valence-electron chi connectivity index (χ1n) is 9.68. The number of aromatic hydroxyl groups is 1. The van der Waals surface area contributed by atoms with E-state index < -0.39 is 15.6 Å². The Morgan fingerprint density at radius 2 is 1.59 bits per heavy atom. The lowest BCUT2D eigenvalue weighted by Gasteiger charge is -2.07. The van der Waals surface area contributed by atoms with Crippen LogP contribution in [0.3, 0.4) is 0 Å². The molecule has 162 valence electrons. The van der Waals surface area contributed by atoms with Gasteiger partial charge < -0.3 is 9.84 Å². The number of ether oxygens (including phenoxy) is 1. The number of aromatic nitrogens is 2. The molecule has 0 aliphatic carbocycles. The minimum atomic E-state index is -3.63. The van der Waals surface area contributed by atoms with Crippen LogP contribution < -0.4 is 4.74 Å². The van der Waals surface area contributed by atoms with Gasteiger partial charge in [0, 0.05) is 6.20 Å². The predicted molar refractivity (Wildman–Crippen MR) is 118 cm³/mol. The third kappa shape index (κ3) is 4.00. The summed E-state index contributed by atoms with van der Waals surface area (Å²) in [6.45, 7) is 1.89. The molecule has 8 heteroatoms. The van der Waals surface area contributed by atoms with Crippen LogP contribution in [0.4, 0.5) is 0 Å². The van der Waals surface area contributed by atoms with Crippen LogP contribution in [0.2, 0.25) is 0 Å². The van der Waals surface area contributed by atoms with Crippen molar-refractivity contribution in [1.82, 2.24) is 9.78 Å². The van der Waals surface area contributed by atoms with Gasteiger partial charge in [-0.1, -0.05) is 17.7 Å². The van der Waals surface area contributed by atoms with Gasteiger partial charge in [0.05, 0.1) is 39.9 Å². The predicted octanol–water partition coefficient (Wildman–Crippen LogP) is 3.96. The summed E-state index contributed by atoms with van der Waals surface area (Å²) < 4.78 is 32.2. The molecular weight excluding hydrogens is 428 g/mol. The molecule has 0 atom stereocenters. The molecule has 32 heavy (non-hydrogen) atoms. The molecule has 0 amide bonds. The van der Waals surface area contributed by atoms with Crippen molar-refractivity contribution in [3.8, 4) is 17.2 Å². The molecule has 0 aliphatic heterocycles. The molecule has 7 nitrogen and oxygen atoms in total. The molecule has 1 heterocycles. The fourth-order valence-corrected chi connectivity index (χ4v) is 4.45. The number of aryl methyl sites for hydroxylation is 1. The second-order valence-corrected chi connectivity index (χ2v) is 9.15. The second kappa shape index (κ2) is 8.32. The highest BCUT2D eigenvalue weighted by molar-refractivity contribution is 7.91. The molecule has 0 saturated heterocycles. The van der Waals surface area contributed by atoms with Gasteiger partial charge in [0.2, 0.25) is 9.84 Å². The smallest absolute Gasteiger partial charge is 0.206 e. The first-order valence-corrected chi connectivity index (χ1v) is 11.2. The molecule has 0 saturated carbocycles. The number of carbonyl (C=O) groups excluding carboxylic acids is 1. The lowest BCUT2D eigenvalue weighted by molar-refractivity contribution is 0.103. The molecule has 0 fully saturated rings. The van der Waals surface area contributed by atoms with E-state index in [2.05, 4.69) is 5.10 Å². The van der Waals surface area contributed by atoms with Gasteiger partial charge >= 0.3 is 0 Å². The Morgan fingerprint density at radius 1 is 0.969 bits per heavy atom. The minimum absolute atomic E-state index is 0.100. The van der Waals surface area contributed by atoms with Crippen molar-refractivity contribution in [2.24, 2.45) is 0 Å². The van der Waals surface area contributed by atoms with E-state index in [1.807, 2.05) is 6.92 Å². The fourth-order valence-electron chi connectivity index (χ4n) is 3.19. The number of hydrogen-bond acceptors (Lipinski definition) is 6. The zero-order valence-corrected chi connectivity index (χ0v) is 18.2. The van der Waals surface area contributed by atoms with Gasteiger partial charge in [-0.05, 0) is 61.5 Å². The SMILES string of the molecule is COc1ccc(O)c(C(=O)c2cnn(-c3ccc(S(=O)(=O)c4ccc(C)cc4)cc3)c2)c1. The van der Waals surface area contributed by atoms with E-state index in [0.717, 1.165) is 5.56 Å². The van der Waals surface area contributed by atoms with Gasteiger partial charge in [0.15, 0.2) is 5.78 Å². The van der Waals surface area contributed by atoms with E-state index in [1.165, 1.54) is 48.5 Å². The van der Waals surface area contributed by atoms with Gasteiger partial charge in [-0.15, -0.1) is 0 Å². The highest BCUT2D eigenvalue weighted by atomic mass is 32.2. The van der Waals surface area contributed by atoms with Crippen LogP contribution in [0.25, 0.3) is 5.69 Å². The molecule has 0 spiro atoms. The maximum Gasteiger partial charge on any atom is 0.206 e. The van der Waals surface area contributed by atoms with Crippen molar-refractivity contribution in [1.29, 1.82) is 0 Å². The van der Waals surface area contributed by atoms with Gasteiger partial charge in [-0.25, -0.2) is 13.1 Å². The number of nitrogens with zero attached hydrogens (tertiary/aromatic N) is 2. The van der Waals surface area contributed by atoms with Crippen molar-refractivity contribution >= 4 is 15.6 Å². The minimum Gasteiger partial charge on any atom is -0.507 e. The van der Waals surface area contributed by atoms with Crippen LogP contribution in [0.15, 0.2) is 88.9 Å². The Bertz CT molecular complexity index is 1390. The van der Waals surface area contributed by atoms with E-state index in [1.54, 1.807) is 42.5 Å². The van der Waals surface area contributed by atoms with Crippen molar-refractivity contribution in [3.63, 3.8) is 0 Å². The summed E-state index contributed by atoms with van der Waals surface area (Å²) in [5.74, 6) is -0.121. The molecule has 1 N–H and O–H groups in total. The van der Waals surface area contributed by atoms with Crippen LogP contribution in [0.1, 0.15) is 21.5 Å². The molecule has 4 aromatic rings. The number of methoxy groups -OCH3 is 1. The first kappa shape index (κ1) is 21.3. The van der Waals surface area contributed by atoms with Crippen LogP contribution in [0.5, 0.6) is 11.5 Å². The highest BCUT2D eigenvalue weighted by Gasteiger charge is 2.19. The van der Waals surface area contributed by atoms with Crippen molar-refractivity contribution < 1.29 is 23.1 Å². The number of carbonyl (C=O) groups is 1. The molecule has 3 aromatic carbocycles. The van der Waals surface area contributed by atoms with Gasteiger partial charge in [0.25, 0.3) is 0 Å². The maximum atomic E-state index is 12.8. The number of ketones is 1. The molecule has 0 unspecified atom stereocenters. The number of benzene rings is 3. The van der Waals surface area contributed by atoms with E-state index in [-0.39, 0.29) is 26.7 Å². The molecule has 0 aliphatic rings. The Balaban J connectivity index is 1.60. The monoisotopic (exact) mass is 448 g/mol. The molecule has 4 rings (SSSR count). The van der Waals surface area contributed by atoms with Crippen LogP contribution in [-0.2, 0) is 9.84 Å². The van der Waals surface area contributed by atoms with Gasteiger partial charge in [-0.2, -0.15) is 5.10 Å². The van der Waals surface area contributed by atoms with Crippen LogP contribution in [-0.4, -0.2) is 36.2 Å². The third-order valence-corrected chi connectivity index (χ3v) is 6.82. The number of phenols is 1. The standard InChI is InChI=1S/C24H20N2O5S/c1-16-3-8-20(9-4-16)32(29,30)21-10-5-18(6-11-21)26-15-17(14-25-26)24(28)22-13-19(31-2)7-12-23(22)27/h3-15,27H,1-2H3. The topological polar surface area (TPSA) is 98.5 Å². The van der Waals surface area contributed by atoms with Crippen LogP contribution in [0, 0.1) is 6.92 Å². The Labute approximate surface area is 185 Å².